The van der Waals surface area contributed by atoms with Crippen molar-refractivity contribution < 1.29 is 4.79 Å². The molecule has 2 heterocycles. The van der Waals surface area contributed by atoms with Gasteiger partial charge in [0, 0.05) is 18.1 Å². The summed E-state index contributed by atoms with van der Waals surface area (Å²) in [6.07, 6.45) is 3.26. The molecule has 0 unspecified atom stereocenters. The zero-order valence-corrected chi connectivity index (χ0v) is 16.1. The second kappa shape index (κ2) is 7.73. The average molecular weight is 391 g/mol. The van der Waals surface area contributed by atoms with Crippen LogP contribution in [0, 0.1) is 6.92 Å². The number of fused-ring (bicyclic) bond motifs is 1. The molecule has 0 aliphatic carbocycles. The van der Waals surface area contributed by atoms with Crippen LogP contribution in [0.5, 0.6) is 0 Å². The van der Waals surface area contributed by atoms with Crippen molar-refractivity contribution in [3.05, 3.63) is 60.4 Å². The second-order valence-corrected chi connectivity index (χ2v) is 7.53. The van der Waals surface area contributed by atoms with Crippen molar-refractivity contribution in [1.82, 2.24) is 30.2 Å². The zero-order valence-electron chi connectivity index (χ0n) is 15.3. The van der Waals surface area contributed by atoms with Gasteiger partial charge in [-0.15, -0.1) is 5.10 Å². The van der Waals surface area contributed by atoms with Gasteiger partial charge in [-0.3, -0.25) is 14.8 Å². The first kappa shape index (κ1) is 18.1. The number of anilines is 1. The number of aryl methyl sites for hydroxylation is 1. The highest BCUT2D eigenvalue weighted by atomic mass is 32.2. The number of benzene rings is 2. The highest BCUT2D eigenvalue weighted by Crippen LogP contribution is 2.24. The van der Waals surface area contributed by atoms with Gasteiger partial charge in [0.15, 0.2) is 0 Å². The number of nitrogens with zero attached hydrogens (tertiary/aromatic N) is 6. The van der Waals surface area contributed by atoms with E-state index in [9.17, 15) is 4.79 Å². The van der Waals surface area contributed by atoms with Crippen molar-refractivity contribution in [2.75, 3.05) is 5.32 Å². The summed E-state index contributed by atoms with van der Waals surface area (Å²) in [5, 5.41) is 14.9. The van der Waals surface area contributed by atoms with Crippen LogP contribution >= 0.6 is 11.8 Å². The van der Waals surface area contributed by atoms with Crippen molar-refractivity contribution in [2.24, 2.45) is 0 Å². The lowest BCUT2D eigenvalue weighted by Gasteiger charge is -2.12. The lowest BCUT2D eigenvalue weighted by atomic mass is 10.2. The highest BCUT2D eigenvalue weighted by Gasteiger charge is 2.19. The van der Waals surface area contributed by atoms with Gasteiger partial charge in [0.1, 0.15) is 0 Å². The van der Waals surface area contributed by atoms with E-state index >= 15 is 0 Å². The molecule has 1 atom stereocenters. The summed E-state index contributed by atoms with van der Waals surface area (Å²) in [6, 6.07) is 13.3. The van der Waals surface area contributed by atoms with E-state index in [-0.39, 0.29) is 5.91 Å². The van der Waals surface area contributed by atoms with E-state index in [2.05, 4.69) is 30.8 Å². The van der Waals surface area contributed by atoms with Gasteiger partial charge in [0.05, 0.1) is 22.0 Å². The van der Waals surface area contributed by atoms with E-state index in [1.807, 2.05) is 50.2 Å². The summed E-state index contributed by atoms with van der Waals surface area (Å²) in [4.78, 5) is 21.1. The Morgan fingerprint density at radius 2 is 1.93 bits per heavy atom. The maximum Gasteiger partial charge on any atom is 0.237 e. The van der Waals surface area contributed by atoms with E-state index in [0.29, 0.717) is 10.8 Å². The lowest BCUT2D eigenvalue weighted by molar-refractivity contribution is -0.115. The number of carbonyl (C=O) groups excluding carboxylic acids is 1. The van der Waals surface area contributed by atoms with Crippen LogP contribution in [-0.2, 0) is 4.79 Å². The maximum absolute atomic E-state index is 12.6. The fraction of sp³-hybridized carbons (Fsp3) is 0.158. The molecule has 140 valence electrons. The SMILES string of the molecule is Cc1cccc(-n2nnnc2S[C@@H](C)C(=O)Nc2ccc3nccnc3c2)c1. The van der Waals surface area contributed by atoms with E-state index in [4.69, 9.17) is 0 Å². The van der Waals surface area contributed by atoms with Gasteiger partial charge in [-0.2, -0.15) is 4.68 Å². The van der Waals surface area contributed by atoms with Crippen LogP contribution in [0.25, 0.3) is 16.7 Å². The molecular weight excluding hydrogens is 374 g/mol. The molecule has 8 nitrogen and oxygen atoms in total. The van der Waals surface area contributed by atoms with Gasteiger partial charge in [0.25, 0.3) is 0 Å². The molecule has 0 radical (unpaired) electrons. The van der Waals surface area contributed by atoms with Gasteiger partial charge < -0.3 is 5.32 Å². The Bertz CT molecular complexity index is 1140. The Labute approximate surface area is 165 Å². The smallest absolute Gasteiger partial charge is 0.237 e. The Hall–Kier alpha value is -3.33. The molecule has 0 saturated heterocycles. The van der Waals surface area contributed by atoms with Crippen molar-refractivity contribution in [3.8, 4) is 5.69 Å². The largest absolute Gasteiger partial charge is 0.325 e. The highest BCUT2D eigenvalue weighted by molar-refractivity contribution is 8.00. The molecule has 1 N–H and O–H groups in total. The number of rotatable bonds is 5. The summed E-state index contributed by atoms with van der Waals surface area (Å²) in [7, 11) is 0. The van der Waals surface area contributed by atoms with Crippen LogP contribution in [0.15, 0.2) is 60.0 Å². The summed E-state index contributed by atoms with van der Waals surface area (Å²) in [6.45, 7) is 3.82. The molecule has 0 saturated carbocycles. The monoisotopic (exact) mass is 391 g/mol. The molecule has 0 aliphatic rings. The van der Waals surface area contributed by atoms with Gasteiger partial charge in [-0.05, 0) is 60.2 Å². The fourth-order valence-corrected chi connectivity index (χ4v) is 3.48. The zero-order chi connectivity index (χ0) is 19.5. The summed E-state index contributed by atoms with van der Waals surface area (Å²) >= 11 is 1.30. The molecule has 4 rings (SSSR count). The van der Waals surface area contributed by atoms with Crippen LogP contribution in [0.2, 0.25) is 0 Å². The van der Waals surface area contributed by atoms with Crippen LogP contribution in [0.1, 0.15) is 12.5 Å². The van der Waals surface area contributed by atoms with E-state index in [0.717, 1.165) is 22.3 Å². The summed E-state index contributed by atoms with van der Waals surface area (Å²) in [5.74, 6) is -0.146. The first-order chi connectivity index (χ1) is 13.6. The molecular formula is C19H17N7OS. The average Bonchev–Trinajstić information content (AvgIpc) is 3.16. The van der Waals surface area contributed by atoms with Crippen LogP contribution in [-0.4, -0.2) is 41.3 Å². The Morgan fingerprint density at radius 1 is 1.11 bits per heavy atom. The molecule has 4 aromatic rings. The predicted octanol–water partition coefficient (Wildman–Crippen LogP) is 3.03. The molecule has 0 spiro atoms. The number of nitrogens with one attached hydrogen (secondary N) is 1. The molecule has 0 bridgehead atoms. The van der Waals surface area contributed by atoms with Gasteiger partial charge in [0.2, 0.25) is 11.1 Å². The predicted molar refractivity (Wildman–Crippen MR) is 107 cm³/mol. The minimum absolute atomic E-state index is 0.146. The molecule has 28 heavy (non-hydrogen) atoms. The van der Waals surface area contributed by atoms with Crippen molar-refractivity contribution in [2.45, 2.75) is 24.3 Å². The summed E-state index contributed by atoms with van der Waals surface area (Å²) < 4.78 is 1.63. The normalized spacial score (nSPS) is 12.1. The number of amides is 1. The third kappa shape index (κ3) is 3.84. The van der Waals surface area contributed by atoms with Gasteiger partial charge in [-0.1, -0.05) is 23.9 Å². The molecule has 2 aromatic carbocycles. The standard InChI is InChI=1S/C19H17N7OS/c1-12-4-3-5-15(10-12)26-19(23-24-25-26)28-13(2)18(27)22-14-6-7-16-17(11-14)21-9-8-20-16/h3-11,13H,1-2H3,(H,22,27)/t13-/m0/s1. The Kier molecular flexibility index (Phi) is 4.98. The minimum atomic E-state index is -0.396. The van der Waals surface area contributed by atoms with E-state index < -0.39 is 5.25 Å². The molecule has 9 heteroatoms. The van der Waals surface area contributed by atoms with Crippen molar-refractivity contribution in [1.29, 1.82) is 0 Å². The number of hydrogen-bond donors (Lipinski definition) is 1. The number of hydrogen-bond acceptors (Lipinski definition) is 7. The topological polar surface area (TPSA) is 98.5 Å². The van der Waals surface area contributed by atoms with Crippen LogP contribution in [0.4, 0.5) is 5.69 Å². The first-order valence-corrected chi connectivity index (χ1v) is 9.52. The molecule has 2 aromatic heterocycles. The maximum atomic E-state index is 12.6. The second-order valence-electron chi connectivity index (χ2n) is 6.22. The molecule has 0 aliphatic heterocycles. The number of thioether (sulfide) groups is 1. The van der Waals surface area contributed by atoms with Crippen LogP contribution in [0.3, 0.4) is 0 Å². The number of carbonyl (C=O) groups is 1. The third-order valence-corrected chi connectivity index (χ3v) is 5.11. The van der Waals surface area contributed by atoms with Crippen molar-refractivity contribution in [3.63, 3.8) is 0 Å². The molecule has 1 amide bonds. The lowest BCUT2D eigenvalue weighted by Crippen LogP contribution is -2.23. The van der Waals surface area contributed by atoms with E-state index in [1.54, 1.807) is 23.1 Å². The van der Waals surface area contributed by atoms with Gasteiger partial charge >= 0.3 is 0 Å². The number of aromatic nitrogens is 6. The van der Waals surface area contributed by atoms with Gasteiger partial charge in [-0.25, -0.2) is 0 Å². The van der Waals surface area contributed by atoms with Crippen molar-refractivity contribution >= 4 is 34.4 Å². The first-order valence-electron chi connectivity index (χ1n) is 8.64. The van der Waals surface area contributed by atoms with Crippen LogP contribution < -0.4 is 5.32 Å². The third-order valence-electron chi connectivity index (χ3n) is 4.08. The van der Waals surface area contributed by atoms with E-state index in [1.165, 1.54) is 11.8 Å². The fourth-order valence-electron chi connectivity index (χ4n) is 2.67. The Balaban J connectivity index is 1.48. The summed E-state index contributed by atoms with van der Waals surface area (Å²) in [5.41, 5.74) is 4.13. The molecule has 0 fully saturated rings. The quantitative estimate of drug-likeness (QED) is 0.522. The minimum Gasteiger partial charge on any atom is -0.325 e. The number of tetrazole rings is 1. The Morgan fingerprint density at radius 3 is 2.75 bits per heavy atom.